The highest BCUT2D eigenvalue weighted by molar-refractivity contribution is 7.79. The number of carbonyl (C=O) groups excluding carboxylic acids is 1. The van der Waals surface area contributed by atoms with E-state index in [2.05, 4.69) is 0 Å². The third kappa shape index (κ3) is 3.42. The van der Waals surface area contributed by atoms with Gasteiger partial charge in [-0.15, -0.1) is 0 Å². The lowest BCUT2D eigenvalue weighted by atomic mass is 10.2. The third-order valence-electron chi connectivity index (χ3n) is 2.33. The Morgan fingerprint density at radius 1 is 1.29 bits per heavy atom. The summed E-state index contributed by atoms with van der Waals surface area (Å²) in [4.78, 5) is 11.6. The predicted octanol–water partition coefficient (Wildman–Crippen LogP) is 1.79. The molecular weight excluding hydrogens is 240 g/mol. The van der Waals surface area contributed by atoms with E-state index in [-0.39, 0.29) is 23.7 Å². The molecule has 1 aliphatic rings. The Balaban J connectivity index is 1.79. The Labute approximate surface area is 104 Å². The number of hydrogen-bond donors (Lipinski definition) is 0. The van der Waals surface area contributed by atoms with E-state index < -0.39 is 0 Å². The molecule has 90 valence electrons. The quantitative estimate of drug-likeness (QED) is 0.606. The largest absolute Gasteiger partial charge is 0.462 e. The second-order valence-electron chi connectivity index (χ2n) is 3.70. The number of carbonyl (C=O) groups is 1. The lowest BCUT2D eigenvalue weighted by Crippen LogP contribution is -2.31. The van der Waals surface area contributed by atoms with Crippen LogP contribution in [0.25, 0.3) is 0 Å². The summed E-state index contributed by atoms with van der Waals surface area (Å²) in [6, 6.07) is 8.86. The topological polar surface area (TPSA) is 44.8 Å². The molecule has 17 heavy (non-hydrogen) atoms. The van der Waals surface area contributed by atoms with E-state index in [0.29, 0.717) is 18.8 Å². The van der Waals surface area contributed by atoms with Gasteiger partial charge in [-0.1, -0.05) is 18.2 Å². The van der Waals surface area contributed by atoms with Crippen molar-refractivity contribution in [1.82, 2.24) is 0 Å². The number of ether oxygens (including phenoxy) is 3. The van der Waals surface area contributed by atoms with Crippen molar-refractivity contribution in [3.8, 4) is 0 Å². The normalized spacial score (nSPS) is 15.9. The lowest BCUT2D eigenvalue weighted by Gasteiger charge is -2.23. The Kier molecular flexibility index (Phi) is 3.93. The number of thiocarbonyl (C=S) groups is 1. The standard InChI is InChI=1S/C12H12O4S/c13-11(10-4-2-1-3-5-10)14-6-9-7-15-12(17)16-8-9/h1-5,9H,6-8H2. The SMILES string of the molecule is O=C(OCC1COC(=S)OC1)c1ccccc1. The molecule has 0 bridgehead atoms. The monoisotopic (exact) mass is 252 g/mol. The van der Waals surface area contributed by atoms with Crippen LogP contribution in [-0.4, -0.2) is 31.0 Å². The zero-order chi connectivity index (χ0) is 12.1. The maximum atomic E-state index is 11.6. The maximum Gasteiger partial charge on any atom is 0.352 e. The van der Waals surface area contributed by atoms with E-state index in [1.807, 2.05) is 6.07 Å². The first kappa shape index (κ1) is 11.9. The molecule has 5 heteroatoms. The third-order valence-corrected chi connectivity index (χ3v) is 2.57. The highest BCUT2D eigenvalue weighted by Crippen LogP contribution is 2.09. The predicted molar refractivity (Wildman–Crippen MR) is 64.7 cm³/mol. The summed E-state index contributed by atoms with van der Waals surface area (Å²) >= 11 is 4.72. The number of esters is 1. The van der Waals surface area contributed by atoms with Crippen molar-refractivity contribution in [3.05, 3.63) is 35.9 Å². The molecule has 1 aromatic rings. The van der Waals surface area contributed by atoms with E-state index >= 15 is 0 Å². The van der Waals surface area contributed by atoms with Gasteiger partial charge in [-0.3, -0.25) is 0 Å². The molecule has 0 aromatic heterocycles. The van der Waals surface area contributed by atoms with Gasteiger partial charge in [0.15, 0.2) is 0 Å². The molecule has 1 aliphatic heterocycles. The van der Waals surface area contributed by atoms with Crippen LogP contribution in [0.3, 0.4) is 0 Å². The van der Waals surface area contributed by atoms with Gasteiger partial charge < -0.3 is 14.2 Å². The van der Waals surface area contributed by atoms with Gasteiger partial charge in [-0.2, -0.15) is 0 Å². The second kappa shape index (κ2) is 5.63. The summed E-state index contributed by atoms with van der Waals surface area (Å²) in [7, 11) is 0. The fraction of sp³-hybridized carbons (Fsp3) is 0.333. The first-order chi connectivity index (χ1) is 8.25. The Hall–Kier alpha value is -1.62. The molecular formula is C12H12O4S. The molecule has 1 aromatic carbocycles. The molecule has 0 amide bonds. The molecule has 2 rings (SSSR count). The molecule has 1 fully saturated rings. The van der Waals surface area contributed by atoms with Gasteiger partial charge in [0.1, 0.15) is 19.8 Å². The van der Waals surface area contributed by atoms with Crippen molar-refractivity contribution >= 4 is 23.4 Å². The maximum absolute atomic E-state index is 11.6. The summed E-state index contributed by atoms with van der Waals surface area (Å²) in [6.07, 6.45) is 0. The molecule has 0 radical (unpaired) electrons. The van der Waals surface area contributed by atoms with Crippen LogP contribution in [0.4, 0.5) is 0 Å². The van der Waals surface area contributed by atoms with Crippen LogP contribution in [0.1, 0.15) is 10.4 Å². The molecule has 0 aliphatic carbocycles. The number of hydrogen-bond acceptors (Lipinski definition) is 5. The van der Waals surface area contributed by atoms with Crippen LogP contribution >= 0.6 is 12.2 Å². The molecule has 0 saturated carbocycles. The van der Waals surface area contributed by atoms with Crippen LogP contribution in [0.2, 0.25) is 0 Å². The van der Waals surface area contributed by atoms with Gasteiger partial charge in [0, 0.05) is 12.2 Å². The van der Waals surface area contributed by atoms with Crippen molar-refractivity contribution < 1.29 is 19.0 Å². The summed E-state index contributed by atoms with van der Waals surface area (Å²) in [5.41, 5.74) is 0.542. The van der Waals surface area contributed by atoms with Crippen molar-refractivity contribution in [3.63, 3.8) is 0 Å². The van der Waals surface area contributed by atoms with Crippen LogP contribution in [0, 0.1) is 5.92 Å². The van der Waals surface area contributed by atoms with E-state index in [4.69, 9.17) is 26.4 Å². The second-order valence-corrected chi connectivity index (χ2v) is 4.04. The van der Waals surface area contributed by atoms with Gasteiger partial charge in [-0.25, -0.2) is 4.79 Å². The number of benzene rings is 1. The van der Waals surface area contributed by atoms with Crippen molar-refractivity contribution in [2.45, 2.75) is 0 Å². The zero-order valence-corrected chi connectivity index (χ0v) is 9.94. The van der Waals surface area contributed by atoms with Crippen LogP contribution in [0.5, 0.6) is 0 Å². The fourth-order valence-electron chi connectivity index (χ4n) is 1.41. The minimum Gasteiger partial charge on any atom is -0.462 e. The molecule has 4 nitrogen and oxygen atoms in total. The van der Waals surface area contributed by atoms with E-state index in [9.17, 15) is 4.79 Å². The number of rotatable bonds is 3. The Morgan fingerprint density at radius 2 is 1.94 bits per heavy atom. The minimum atomic E-state index is -0.334. The Bertz CT molecular complexity index is 394. The van der Waals surface area contributed by atoms with Crippen LogP contribution < -0.4 is 0 Å². The van der Waals surface area contributed by atoms with Gasteiger partial charge in [0.05, 0.1) is 11.5 Å². The molecule has 0 atom stereocenters. The first-order valence-corrected chi connectivity index (χ1v) is 5.68. The molecule has 0 unspecified atom stereocenters. The van der Waals surface area contributed by atoms with Crippen molar-refractivity contribution in [1.29, 1.82) is 0 Å². The molecule has 1 heterocycles. The zero-order valence-electron chi connectivity index (χ0n) is 9.13. The van der Waals surface area contributed by atoms with Gasteiger partial charge in [0.2, 0.25) is 0 Å². The highest BCUT2D eigenvalue weighted by atomic mass is 32.1. The Morgan fingerprint density at radius 3 is 2.59 bits per heavy atom. The lowest BCUT2D eigenvalue weighted by molar-refractivity contribution is 0.00943. The van der Waals surface area contributed by atoms with E-state index in [1.165, 1.54) is 0 Å². The summed E-state index contributed by atoms with van der Waals surface area (Å²) in [6.45, 7) is 1.14. The minimum absolute atomic E-state index is 0.0364. The average molecular weight is 252 g/mol. The first-order valence-electron chi connectivity index (χ1n) is 5.27. The van der Waals surface area contributed by atoms with Gasteiger partial charge in [0.25, 0.3) is 0 Å². The molecule has 1 saturated heterocycles. The van der Waals surface area contributed by atoms with E-state index in [0.717, 1.165) is 0 Å². The summed E-state index contributed by atoms with van der Waals surface area (Å²) in [5.74, 6) is -0.298. The molecule has 0 N–H and O–H groups in total. The van der Waals surface area contributed by atoms with E-state index in [1.54, 1.807) is 24.3 Å². The van der Waals surface area contributed by atoms with Crippen LogP contribution in [-0.2, 0) is 14.2 Å². The smallest absolute Gasteiger partial charge is 0.352 e. The summed E-state index contributed by atoms with van der Waals surface area (Å²) < 4.78 is 15.3. The van der Waals surface area contributed by atoms with Crippen molar-refractivity contribution in [2.24, 2.45) is 5.92 Å². The van der Waals surface area contributed by atoms with Gasteiger partial charge >= 0.3 is 11.2 Å². The van der Waals surface area contributed by atoms with Crippen molar-refractivity contribution in [2.75, 3.05) is 19.8 Å². The highest BCUT2D eigenvalue weighted by Gasteiger charge is 2.20. The molecule has 0 spiro atoms. The fourth-order valence-corrected chi connectivity index (χ4v) is 1.54. The average Bonchev–Trinajstić information content (AvgIpc) is 2.39. The van der Waals surface area contributed by atoms with Crippen LogP contribution in [0.15, 0.2) is 30.3 Å². The summed E-state index contributed by atoms with van der Waals surface area (Å²) in [5, 5.41) is 0.163. The van der Waals surface area contributed by atoms with Gasteiger partial charge in [-0.05, 0) is 12.1 Å².